The van der Waals surface area contributed by atoms with Gasteiger partial charge in [-0.15, -0.1) is 0 Å². The van der Waals surface area contributed by atoms with E-state index in [2.05, 4.69) is 27.1 Å². The van der Waals surface area contributed by atoms with Crippen molar-refractivity contribution in [2.75, 3.05) is 12.4 Å². The van der Waals surface area contributed by atoms with Gasteiger partial charge in [-0.25, -0.2) is 14.4 Å². The molecular weight excluding hydrogens is 397 g/mol. The fraction of sp³-hybridized carbons (Fsp3) is 0.190. The molecule has 0 bridgehead atoms. The highest BCUT2D eigenvalue weighted by Crippen LogP contribution is 2.30. The average Bonchev–Trinajstić information content (AvgIpc) is 2.70. The Morgan fingerprint density at radius 2 is 2.14 bits per heavy atom. The maximum atomic E-state index is 13.4. The molecule has 0 saturated carbocycles. The molecule has 0 saturated heterocycles. The van der Waals surface area contributed by atoms with Crippen LogP contribution in [0.15, 0.2) is 36.7 Å². The molecule has 29 heavy (non-hydrogen) atoms. The van der Waals surface area contributed by atoms with Crippen LogP contribution in [0.3, 0.4) is 0 Å². The lowest BCUT2D eigenvalue weighted by Gasteiger charge is -2.11. The summed E-state index contributed by atoms with van der Waals surface area (Å²) < 4.78 is 18.8. The van der Waals surface area contributed by atoms with Gasteiger partial charge < -0.3 is 15.2 Å². The van der Waals surface area contributed by atoms with Crippen molar-refractivity contribution in [2.45, 2.75) is 13.3 Å². The Balaban J connectivity index is 2.00. The molecule has 1 atom stereocenters. The molecule has 1 unspecified atom stereocenters. The van der Waals surface area contributed by atoms with Crippen molar-refractivity contribution in [3.05, 3.63) is 53.1 Å². The smallest absolute Gasteiger partial charge is 0.307 e. The number of aliphatic carboxylic acids is 1. The molecule has 0 spiro atoms. The van der Waals surface area contributed by atoms with Crippen molar-refractivity contribution in [1.29, 1.82) is 0 Å². The van der Waals surface area contributed by atoms with E-state index in [1.165, 1.54) is 25.6 Å². The summed E-state index contributed by atoms with van der Waals surface area (Å²) in [5.74, 6) is 4.85. The van der Waals surface area contributed by atoms with E-state index < -0.39 is 17.7 Å². The fourth-order valence-corrected chi connectivity index (χ4v) is 2.73. The quantitative estimate of drug-likeness (QED) is 0.593. The molecule has 0 aliphatic rings. The predicted molar refractivity (Wildman–Crippen MR) is 109 cm³/mol. The van der Waals surface area contributed by atoms with E-state index >= 15 is 0 Å². The van der Waals surface area contributed by atoms with Crippen molar-refractivity contribution >= 4 is 40.0 Å². The maximum Gasteiger partial charge on any atom is 0.307 e. The van der Waals surface area contributed by atoms with Crippen LogP contribution in [-0.2, 0) is 4.79 Å². The first-order valence-electron chi connectivity index (χ1n) is 8.65. The van der Waals surface area contributed by atoms with Gasteiger partial charge in [-0.1, -0.05) is 30.4 Å². The summed E-state index contributed by atoms with van der Waals surface area (Å²) >= 11 is 5.84. The van der Waals surface area contributed by atoms with Crippen LogP contribution >= 0.6 is 11.6 Å². The monoisotopic (exact) mass is 413 g/mol. The number of benzene rings is 2. The second-order valence-corrected chi connectivity index (χ2v) is 6.70. The van der Waals surface area contributed by atoms with E-state index in [-0.39, 0.29) is 11.4 Å². The molecule has 1 aromatic heterocycles. The molecule has 148 valence electrons. The average molecular weight is 414 g/mol. The van der Waals surface area contributed by atoms with Crippen LogP contribution in [-0.4, -0.2) is 28.2 Å². The Bertz CT molecular complexity index is 1140. The first-order chi connectivity index (χ1) is 13.9. The van der Waals surface area contributed by atoms with Gasteiger partial charge in [-0.05, 0) is 24.3 Å². The van der Waals surface area contributed by atoms with Crippen LogP contribution in [0.5, 0.6) is 5.75 Å². The number of carboxylic acid groups (broad SMARTS) is 1. The second kappa shape index (κ2) is 8.76. The van der Waals surface area contributed by atoms with E-state index in [1.54, 1.807) is 25.1 Å². The Hall–Kier alpha value is -3.37. The SMILES string of the molecule is COc1cc2ncnc(Nc3ccc(F)c(Cl)c3)c2cc1C#CCC(C)C(=O)O. The number of hydrogen-bond acceptors (Lipinski definition) is 5. The van der Waals surface area contributed by atoms with Gasteiger partial charge in [0.25, 0.3) is 0 Å². The van der Waals surface area contributed by atoms with Gasteiger partial charge in [-0.2, -0.15) is 0 Å². The first-order valence-corrected chi connectivity index (χ1v) is 9.03. The molecule has 8 heteroatoms. The lowest BCUT2D eigenvalue weighted by atomic mass is 10.1. The fourth-order valence-electron chi connectivity index (χ4n) is 2.55. The van der Waals surface area contributed by atoms with Gasteiger partial charge in [-0.3, -0.25) is 4.79 Å². The first kappa shape index (κ1) is 20.4. The molecular formula is C21H17ClFN3O3. The minimum absolute atomic E-state index is 0.00543. The highest BCUT2D eigenvalue weighted by atomic mass is 35.5. The van der Waals surface area contributed by atoms with Gasteiger partial charge in [0.2, 0.25) is 0 Å². The lowest BCUT2D eigenvalue weighted by Crippen LogP contribution is -2.07. The Kier molecular flexibility index (Phi) is 6.15. The van der Waals surface area contributed by atoms with Gasteiger partial charge >= 0.3 is 5.97 Å². The van der Waals surface area contributed by atoms with Crippen LogP contribution < -0.4 is 10.1 Å². The molecule has 3 rings (SSSR count). The molecule has 0 amide bonds. The summed E-state index contributed by atoms with van der Waals surface area (Å²) in [6.45, 7) is 1.60. The highest BCUT2D eigenvalue weighted by molar-refractivity contribution is 6.31. The Labute approximate surface area is 171 Å². The maximum absolute atomic E-state index is 13.4. The van der Waals surface area contributed by atoms with Crippen LogP contribution in [0.25, 0.3) is 10.9 Å². The zero-order valence-corrected chi connectivity index (χ0v) is 16.4. The molecule has 0 aliphatic carbocycles. The second-order valence-electron chi connectivity index (χ2n) is 6.29. The van der Waals surface area contributed by atoms with Crippen LogP contribution in [0.1, 0.15) is 18.9 Å². The number of rotatable bonds is 5. The number of fused-ring (bicyclic) bond motifs is 1. The molecule has 6 nitrogen and oxygen atoms in total. The summed E-state index contributed by atoms with van der Waals surface area (Å²) in [7, 11) is 1.52. The van der Waals surface area contributed by atoms with Crippen molar-refractivity contribution in [2.24, 2.45) is 5.92 Å². The number of hydrogen-bond donors (Lipinski definition) is 2. The van der Waals surface area contributed by atoms with E-state index in [9.17, 15) is 9.18 Å². The minimum atomic E-state index is -0.900. The summed E-state index contributed by atoms with van der Waals surface area (Å²) in [5, 5.41) is 12.7. The van der Waals surface area contributed by atoms with Crippen molar-refractivity contribution in [3.63, 3.8) is 0 Å². The third-order valence-electron chi connectivity index (χ3n) is 4.19. The summed E-state index contributed by atoms with van der Waals surface area (Å²) in [4.78, 5) is 19.5. The molecule has 3 aromatic rings. The molecule has 1 heterocycles. The number of halogens is 2. The molecule has 0 fully saturated rings. The van der Waals surface area contributed by atoms with Crippen LogP contribution in [0.2, 0.25) is 5.02 Å². The number of ether oxygens (including phenoxy) is 1. The third-order valence-corrected chi connectivity index (χ3v) is 4.48. The topological polar surface area (TPSA) is 84.3 Å². The molecule has 0 aliphatic heterocycles. The standard InChI is InChI=1S/C21H17ClFN3O3/c1-12(21(27)28)4-3-5-13-8-15-18(10-19(13)29-2)24-11-25-20(15)26-14-6-7-17(23)16(22)9-14/h6-12H,4H2,1-2H3,(H,27,28)(H,24,25,26). The number of aromatic nitrogens is 2. The number of nitrogens with zero attached hydrogens (tertiary/aromatic N) is 2. The van der Waals surface area contributed by atoms with Gasteiger partial charge in [0.05, 0.1) is 29.1 Å². The number of nitrogens with one attached hydrogen (secondary N) is 1. The van der Waals surface area contributed by atoms with Crippen LogP contribution in [0.4, 0.5) is 15.9 Å². The zero-order valence-electron chi connectivity index (χ0n) is 15.7. The number of carboxylic acids is 1. The summed E-state index contributed by atoms with van der Waals surface area (Å²) in [6, 6.07) is 7.76. The van der Waals surface area contributed by atoms with Crippen molar-refractivity contribution in [1.82, 2.24) is 9.97 Å². The van der Waals surface area contributed by atoms with Gasteiger partial charge in [0.1, 0.15) is 23.7 Å². The number of anilines is 2. The summed E-state index contributed by atoms with van der Waals surface area (Å²) in [5.41, 5.74) is 1.76. The molecule has 0 radical (unpaired) electrons. The van der Waals surface area contributed by atoms with E-state index in [4.69, 9.17) is 21.4 Å². The predicted octanol–water partition coefficient (Wildman–Crippen LogP) is 4.64. The zero-order chi connectivity index (χ0) is 21.0. The normalized spacial score (nSPS) is 11.4. The largest absolute Gasteiger partial charge is 0.495 e. The highest BCUT2D eigenvalue weighted by Gasteiger charge is 2.11. The number of carbonyl (C=O) groups is 1. The molecule has 2 aromatic carbocycles. The van der Waals surface area contributed by atoms with Crippen LogP contribution in [0, 0.1) is 23.6 Å². The lowest BCUT2D eigenvalue weighted by molar-refractivity contribution is -0.140. The van der Waals surface area contributed by atoms with E-state index in [0.717, 1.165) is 0 Å². The Morgan fingerprint density at radius 3 is 2.83 bits per heavy atom. The van der Waals surface area contributed by atoms with E-state index in [0.29, 0.717) is 33.7 Å². The molecule has 2 N–H and O–H groups in total. The van der Waals surface area contributed by atoms with Gasteiger partial charge in [0.15, 0.2) is 0 Å². The van der Waals surface area contributed by atoms with Crippen molar-refractivity contribution in [3.8, 4) is 17.6 Å². The number of methoxy groups -OCH3 is 1. The van der Waals surface area contributed by atoms with Crippen molar-refractivity contribution < 1.29 is 19.0 Å². The summed E-state index contributed by atoms with van der Waals surface area (Å²) in [6.07, 6.45) is 1.61. The Morgan fingerprint density at radius 1 is 1.34 bits per heavy atom. The third kappa shape index (κ3) is 4.73. The van der Waals surface area contributed by atoms with Gasteiger partial charge in [0, 0.05) is 23.6 Å². The minimum Gasteiger partial charge on any atom is -0.495 e. The van der Waals surface area contributed by atoms with E-state index in [1.807, 2.05) is 0 Å².